The standard InChI is InChI=1S/C14H16N4O3/c1-2-9-4-3-5-10(8-9)6-7-11-12(13(15)19)14(17-16-11)18(20)21/h3-5,8H,2,6-7H2,1H3,(H2,15,19)(H,16,17). The van der Waals surface area contributed by atoms with Crippen LogP contribution in [0.4, 0.5) is 5.82 Å². The van der Waals surface area contributed by atoms with Crippen molar-refractivity contribution in [3.63, 3.8) is 0 Å². The Labute approximate surface area is 121 Å². The summed E-state index contributed by atoms with van der Waals surface area (Å²) in [6.07, 6.45) is 2.02. The van der Waals surface area contributed by atoms with Crippen molar-refractivity contribution < 1.29 is 9.72 Å². The van der Waals surface area contributed by atoms with E-state index >= 15 is 0 Å². The lowest BCUT2D eigenvalue weighted by Gasteiger charge is -2.03. The Kier molecular flexibility index (Phi) is 4.32. The Morgan fingerprint density at radius 2 is 2.10 bits per heavy atom. The molecule has 2 rings (SSSR count). The van der Waals surface area contributed by atoms with E-state index in [0.29, 0.717) is 18.5 Å². The first-order chi connectivity index (χ1) is 10.0. The number of H-pyrrole nitrogens is 1. The molecule has 1 aromatic heterocycles. The number of carbonyl (C=O) groups excluding carboxylic acids is 1. The Balaban J connectivity index is 2.20. The van der Waals surface area contributed by atoms with Gasteiger partial charge in [0, 0.05) is 0 Å². The molecule has 0 aliphatic carbocycles. The highest BCUT2D eigenvalue weighted by Crippen LogP contribution is 2.20. The van der Waals surface area contributed by atoms with Gasteiger partial charge in [-0.25, -0.2) is 0 Å². The molecule has 0 saturated heterocycles. The number of aromatic amines is 1. The molecule has 1 amide bonds. The summed E-state index contributed by atoms with van der Waals surface area (Å²) in [5, 5.41) is 16.9. The third-order valence-corrected chi connectivity index (χ3v) is 3.30. The average molecular weight is 288 g/mol. The van der Waals surface area contributed by atoms with Gasteiger partial charge in [0.25, 0.3) is 5.91 Å². The summed E-state index contributed by atoms with van der Waals surface area (Å²) in [6, 6.07) is 8.07. The first kappa shape index (κ1) is 14.7. The fraction of sp³-hybridized carbons (Fsp3) is 0.286. The highest BCUT2D eigenvalue weighted by atomic mass is 16.6. The molecule has 0 aliphatic heterocycles. The fourth-order valence-electron chi connectivity index (χ4n) is 2.21. The van der Waals surface area contributed by atoms with Crippen molar-refractivity contribution >= 4 is 11.7 Å². The Hall–Kier alpha value is -2.70. The van der Waals surface area contributed by atoms with Crippen LogP contribution in [0.15, 0.2) is 24.3 Å². The maximum Gasteiger partial charge on any atom is 0.402 e. The van der Waals surface area contributed by atoms with Crippen molar-refractivity contribution in [2.45, 2.75) is 26.2 Å². The maximum atomic E-state index is 11.4. The number of nitro groups is 1. The molecule has 21 heavy (non-hydrogen) atoms. The number of benzene rings is 1. The molecular weight excluding hydrogens is 272 g/mol. The van der Waals surface area contributed by atoms with Crippen LogP contribution >= 0.6 is 0 Å². The molecule has 0 bridgehead atoms. The van der Waals surface area contributed by atoms with Crippen molar-refractivity contribution in [3.8, 4) is 0 Å². The van der Waals surface area contributed by atoms with E-state index in [1.54, 1.807) is 0 Å². The molecule has 1 heterocycles. The summed E-state index contributed by atoms with van der Waals surface area (Å²) in [5.74, 6) is -1.35. The molecular formula is C14H16N4O3. The molecule has 0 saturated carbocycles. The van der Waals surface area contributed by atoms with E-state index in [1.807, 2.05) is 18.2 Å². The van der Waals surface area contributed by atoms with Gasteiger partial charge in [0.05, 0.1) is 10.8 Å². The van der Waals surface area contributed by atoms with Gasteiger partial charge in [-0.05, 0) is 35.3 Å². The predicted molar refractivity (Wildman–Crippen MR) is 77.0 cm³/mol. The molecule has 3 N–H and O–H groups in total. The lowest BCUT2D eigenvalue weighted by molar-refractivity contribution is -0.389. The second-order valence-electron chi connectivity index (χ2n) is 4.70. The van der Waals surface area contributed by atoms with Gasteiger partial charge >= 0.3 is 5.82 Å². The molecule has 0 aliphatic rings. The van der Waals surface area contributed by atoms with Gasteiger partial charge in [-0.3, -0.25) is 4.79 Å². The maximum absolute atomic E-state index is 11.4. The normalized spacial score (nSPS) is 10.5. The number of hydrogen-bond donors (Lipinski definition) is 2. The third kappa shape index (κ3) is 3.25. The third-order valence-electron chi connectivity index (χ3n) is 3.30. The number of hydrogen-bond acceptors (Lipinski definition) is 4. The zero-order valence-corrected chi connectivity index (χ0v) is 11.6. The number of rotatable bonds is 6. The van der Waals surface area contributed by atoms with E-state index in [2.05, 4.69) is 23.2 Å². The largest absolute Gasteiger partial charge is 0.402 e. The summed E-state index contributed by atoms with van der Waals surface area (Å²) in [7, 11) is 0. The van der Waals surface area contributed by atoms with Crippen molar-refractivity contribution in [3.05, 3.63) is 56.8 Å². The van der Waals surface area contributed by atoms with Gasteiger partial charge in [-0.1, -0.05) is 31.2 Å². The number of carbonyl (C=O) groups is 1. The molecule has 0 spiro atoms. The van der Waals surface area contributed by atoms with Gasteiger partial charge in [0.1, 0.15) is 0 Å². The van der Waals surface area contributed by atoms with Crippen molar-refractivity contribution in [2.24, 2.45) is 5.73 Å². The van der Waals surface area contributed by atoms with E-state index in [0.717, 1.165) is 12.0 Å². The Morgan fingerprint density at radius 1 is 1.38 bits per heavy atom. The van der Waals surface area contributed by atoms with Crippen LogP contribution in [0, 0.1) is 10.1 Å². The topological polar surface area (TPSA) is 115 Å². The second kappa shape index (κ2) is 6.17. The lowest BCUT2D eigenvalue weighted by atomic mass is 10.0. The molecule has 7 nitrogen and oxygen atoms in total. The quantitative estimate of drug-likeness (QED) is 0.622. The molecule has 0 fully saturated rings. The van der Waals surface area contributed by atoms with Crippen LogP contribution in [0.2, 0.25) is 0 Å². The summed E-state index contributed by atoms with van der Waals surface area (Å²) in [4.78, 5) is 21.5. The molecule has 2 aromatic rings. The lowest BCUT2D eigenvalue weighted by Crippen LogP contribution is -2.14. The van der Waals surface area contributed by atoms with E-state index in [4.69, 9.17) is 5.73 Å². The predicted octanol–water partition coefficient (Wildman–Crippen LogP) is 1.76. The second-order valence-corrected chi connectivity index (χ2v) is 4.70. The van der Waals surface area contributed by atoms with Gasteiger partial charge in [0.2, 0.25) is 0 Å². The van der Waals surface area contributed by atoms with Crippen LogP contribution in [-0.4, -0.2) is 21.0 Å². The molecule has 0 atom stereocenters. The molecule has 0 unspecified atom stereocenters. The minimum atomic E-state index is -0.840. The van der Waals surface area contributed by atoms with Crippen molar-refractivity contribution in [2.75, 3.05) is 0 Å². The van der Waals surface area contributed by atoms with E-state index < -0.39 is 16.6 Å². The van der Waals surface area contributed by atoms with Crippen LogP contribution in [0.1, 0.15) is 34.1 Å². The monoisotopic (exact) mass is 288 g/mol. The zero-order valence-electron chi connectivity index (χ0n) is 11.6. The van der Waals surface area contributed by atoms with Gasteiger partial charge in [-0.2, -0.15) is 5.10 Å². The molecule has 7 heteroatoms. The van der Waals surface area contributed by atoms with E-state index in [-0.39, 0.29) is 5.56 Å². The van der Waals surface area contributed by atoms with Crippen molar-refractivity contribution in [1.82, 2.24) is 10.2 Å². The number of nitrogens with two attached hydrogens (primary N) is 1. The number of nitrogens with zero attached hydrogens (tertiary/aromatic N) is 2. The first-order valence-electron chi connectivity index (χ1n) is 6.62. The number of amides is 1. The smallest absolute Gasteiger partial charge is 0.365 e. The highest BCUT2D eigenvalue weighted by Gasteiger charge is 2.27. The van der Waals surface area contributed by atoms with Gasteiger partial charge in [-0.15, -0.1) is 0 Å². The number of primary amides is 1. The summed E-state index contributed by atoms with van der Waals surface area (Å²) in [6.45, 7) is 2.07. The highest BCUT2D eigenvalue weighted by molar-refractivity contribution is 5.97. The number of nitrogens with one attached hydrogen (secondary N) is 1. The number of aryl methyl sites for hydroxylation is 3. The fourth-order valence-corrected chi connectivity index (χ4v) is 2.21. The van der Waals surface area contributed by atoms with Crippen LogP contribution < -0.4 is 5.73 Å². The summed E-state index contributed by atoms with van der Waals surface area (Å²) in [5.41, 5.74) is 7.79. The molecule has 110 valence electrons. The SMILES string of the molecule is CCc1cccc(CCc2[nH]nc([N+](=O)[O-])c2C(N)=O)c1. The molecule has 1 aromatic carbocycles. The Bertz CT molecular complexity index is 679. The first-order valence-corrected chi connectivity index (χ1v) is 6.62. The van der Waals surface area contributed by atoms with E-state index in [9.17, 15) is 14.9 Å². The van der Waals surface area contributed by atoms with Crippen LogP contribution in [0.3, 0.4) is 0 Å². The van der Waals surface area contributed by atoms with Crippen LogP contribution in [0.25, 0.3) is 0 Å². The minimum Gasteiger partial charge on any atom is -0.365 e. The number of aromatic nitrogens is 2. The van der Waals surface area contributed by atoms with Gasteiger partial charge < -0.3 is 15.8 Å². The van der Waals surface area contributed by atoms with Crippen LogP contribution in [0.5, 0.6) is 0 Å². The summed E-state index contributed by atoms with van der Waals surface area (Å²) < 4.78 is 0. The average Bonchev–Trinajstić information content (AvgIpc) is 2.89. The van der Waals surface area contributed by atoms with Gasteiger partial charge in [0.15, 0.2) is 5.56 Å². The minimum absolute atomic E-state index is 0.133. The summed E-state index contributed by atoms with van der Waals surface area (Å²) >= 11 is 0. The molecule has 0 radical (unpaired) electrons. The zero-order chi connectivity index (χ0) is 15.4. The van der Waals surface area contributed by atoms with Crippen LogP contribution in [-0.2, 0) is 19.3 Å². The van der Waals surface area contributed by atoms with Crippen molar-refractivity contribution in [1.29, 1.82) is 0 Å². The van der Waals surface area contributed by atoms with E-state index in [1.165, 1.54) is 5.56 Å². The Morgan fingerprint density at radius 3 is 2.71 bits per heavy atom.